The minimum Gasteiger partial charge on any atom is -0.391 e. The zero-order chi connectivity index (χ0) is 36.6. The van der Waals surface area contributed by atoms with Crippen LogP contribution in [0.25, 0.3) is 0 Å². The first kappa shape index (κ1) is 39.7. The Hall–Kier alpha value is -4.09. The lowest BCUT2D eigenvalue weighted by Crippen LogP contribution is -2.55. The summed E-state index contributed by atoms with van der Waals surface area (Å²) in [5.41, 5.74) is 4.24. The lowest BCUT2D eigenvalue weighted by molar-refractivity contribution is -0.137. The molecule has 0 unspecified atom stereocenters. The van der Waals surface area contributed by atoms with Gasteiger partial charge in [0.2, 0.25) is 23.6 Å². The summed E-state index contributed by atoms with van der Waals surface area (Å²) in [6.45, 7) is 4.55. The predicted octanol–water partition coefficient (Wildman–Crippen LogP) is 5.06. The third-order valence-corrected chi connectivity index (χ3v) is 10.5. The van der Waals surface area contributed by atoms with Gasteiger partial charge in [-0.25, -0.2) is 4.98 Å². The van der Waals surface area contributed by atoms with Crippen molar-refractivity contribution in [3.8, 4) is 0 Å². The van der Waals surface area contributed by atoms with Crippen molar-refractivity contribution >= 4 is 35.0 Å². The van der Waals surface area contributed by atoms with Crippen LogP contribution in [0.3, 0.4) is 0 Å². The standard InChI is InChI=1S/C40H55N5O5S/c1-4-41-38(48)28(2)20-36(46)34(22-30-16-10-6-11-17-30)43-40(50)35(24-33-26-51-27-42-33)44-39(49)32(21-29-14-8-5-9-15-29)23-37(47)45(3)25-31-18-12-7-13-19-31/h5,7-9,12-15,18-19,26-28,30,32,34-36,46H,4,6,10-11,16-17,20-25H2,1-3H3,(H,41,48)(H,43,50)(H,44,49)/t28-,32-,34+,35+,36+/m1/s1. The molecule has 0 radical (unpaired) electrons. The van der Waals surface area contributed by atoms with Gasteiger partial charge < -0.3 is 26.0 Å². The quantitative estimate of drug-likeness (QED) is 0.137. The number of rotatable bonds is 19. The van der Waals surface area contributed by atoms with Crippen LogP contribution in [0.4, 0.5) is 0 Å². The fraction of sp³-hybridized carbons (Fsp3) is 0.525. The third kappa shape index (κ3) is 13.2. The van der Waals surface area contributed by atoms with Crippen molar-refractivity contribution in [3.05, 3.63) is 88.4 Å². The van der Waals surface area contributed by atoms with E-state index in [4.69, 9.17) is 0 Å². The molecule has 1 heterocycles. The van der Waals surface area contributed by atoms with Gasteiger partial charge in [-0.2, -0.15) is 0 Å². The van der Waals surface area contributed by atoms with E-state index in [2.05, 4.69) is 20.9 Å². The second-order valence-electron chi connectivity index (χ2n) is 14.0. The average Bonchev–Trinajstić information content (AvgIpc) is 3.65. The van der Waals surface area contributed by atoms with E-state index in [1.54, 1.807) is 24.4 Å². The molecule has 0 bridgehead atoms. The monoisotopic (exact) mass is 717 g/mol. The van der Waals surface area contributed by atoms with Gasteiger partial charge in [0.05, 0.1) is 29.3 Å². The molecule has 1 saturated carbocycles. The van der Waals surface area contributed by atoms with E-state index in [9.17, 15) is 24.3 Å². The van der Waals surface area contributed by atoms with Gasteiger partial charge in [-0.3, -0.25) is 19.2 Å². The van der Waals surface area contributed by atoms with Crippen LogP contribution >= 0.6 is 11.3 Å². The summed E-state index contributed by atoms with van der Waals surface area (Å²) < 4.78 is 0. The van der Waals surface area contributed by atoms with Crippen LogP contribution in [0.1, 0.15) is 82.0 Å². The summed E-state index contributed by atoms with van der Waals surface area (Å²) in [6, 6.07) is 17.7. The number of carbonyl (C=O) groups excluding carboxylic acids is 4. The number of hydrogen-bond donors (Lipinski definition) is 4. The summed E-state index contributed by atoms with van der Waals surface area (Å²) in [6.07, 6.45) is 5.74. The van der Waals surface area contributed by atoms with E-state index >= 15 is 0 Å². The van der Waals surface area contributed by atoms with Crippen LogP contribution in [0.2, 0.25) is 0 Å². The van der Waals surface area contributed by atoms with Crippen LogP contribution in [0.5, 0.6) is 0 Å². The molecule has 4 amide bonds. The number of nitrogens with one attached hydrogen (secondary N) is 3. The van der Waals surface area contributed by atoms with Crippen LogP contribution in [-0.2, 0) is 38.6 Å². The van der Waals surface area contributed by atoms with Gasteiger partial charge in [0.25, 0.3) is 0 Å². The summed E-state index contributed by atoms with van der Waals surface area (Å²) in [5.74, 6) is -1.95. The molecule has 0 saturated heterocycles. The third-order valence-electron chi connectivity index (χ3n) is 9.83. The fourth-order valence-electron chi connectivity index (χ4n) is 6.87. The second-order valence-corrected chi connectivity index (χ2v) is 14.7. The normalized spacial score (nSPS) is 16.2. The Morgan fingerprint density at radius 2 is 1.57 bits per heavy atom. The number of benzene rings is 2. The summed E-state index contributed by atoms with van der Waals surface area (Å²) >= 11 is 1.40. The maximum absolute atomic E-state index is 14.2. The molecule has 276 valence electrons. The number of hydrogen-bond acceptors (Lipinski definition) is 7. The molecule has 3 aromatic rings. The van der Waals surface area contributed by atoms with E-state index in [-0.39, 0.29) is 31.1 Å². The largest absolute Gasteiger partial charge is 0.391 e. The molecule has 1 aromatic heterocycles. The van der Waals surface area contributed by atoms with Crippen molar-refractivity contribution in [2.45, 2.75) is 103 Å². The molecule has 1 aliphatic rings. The molecule has 4 rings (SSSR count). The molecule has 11 heteroatoms. The van der Waals surface area contributed by atoms with Crippen molar-refractivity contribution in [2.75, 3.05) is 13.6 Å². The lowest BCUT2D eigenvalue weighted by Gasteiger charge is -2.32. The smallest absolute Gasteiger partial charge is 0.243 e. The van der Waals surface area contributed by atoms with Crippen LogP contribution < -0.4 is 16.0 Å². The summed E-state index contributed by atoms with van der Waals surface area (Å²) in [5, 5.41) is 22.2. The van der Waals surface area contributed by atoms with Crippen molar-refractivity contribution in [2.24, 2.45) is 17.8 Å². The first-order chi connectivity index (χ1) is 24.6. The first-order valence-electron chi connectivity index (χ1n) is 18.4. The van der Waals surface area contributed by atoms with Gasteiger partial charge in [0, 0.05) is 44.3 Å². The molecule has 2 aromatic carbocycles. The number of carbonyl (C=O) groups is 4. The van der Waals surface area contributed by atoms with Crippen molar-refractivity contribution in [1.82, 2.24) is 25.8 Å². The Balaban J connectivity index is 1.53. The molecule has 1 aliphatic carbocycles. The highest BCUT2D eigenvalue weighted by Crippen LogP contribution is 2.29. The molecular weight excluding hydrogens is 663 g/mol. The Bertz CT molecular complexity index is 1500. The zero-order valence-electron chi connectivity index (χ0n) is 30.3. The average molecular weight is 718 g/mol. The van der Waals surface area contributed by atoms with Gasteiger partial charge >= 0.3 is 0 Å². The van der Waals surface area contributed by atoms with E-state index in [1.165, 1.54) is 17.8 Å². The second kappa shape index (κ2) is 20.7. The van der Waals surface area contributed by atoms with Gasteiger partial charge in [0.15, 0.2) is 0 Å². The molecule has 1 fully saturated rings. The van der Waals surface area contributed by atoms with E-state index < -0.39 is 41.8 Å². The Labute approximate surface area is 306 Å². The van der Waals surface area contributed by atoms with Gasteiger partial charge in [-0.15, -0.1) is 11.3 Å². The van der Waals surface area contributed by atoms with Crippen LogP contribution in [-0.4, -0.2) is 70.4 Å². The molecule has 51 heavy (non-hydrogen) atoms. The van der Waals surface area contributed by atoms with Crippen molar-refractivity contribution in [3.63, 3.8) is 0 Å². The maximum atomic E-state index is 14.2. The topological polar surface area (TPSA) is 141 Å². The van der Waals surface area contributed by atoms with E-state index in [0.29, 0.717) is 37.5 Å². The van der Waals surface area contributed by atoms with Crippen molar-refractivity contribution in [1.29, 1.82) is 0 Å². The van der Waals surface area contributed by atoms with Gasteiger partial charge in [-0.05, 0) is 43.2 Å². The summed E-state index contributed by atoms with van der Waals surface area (Å²) in [7, 11) is 1.73. The highest BCUT2D eigenvalue weighted by Gasteiger charge is 2.33. The predicted molar refractivity (Wildman–Crippen MR) is 201 cm³/mol. The number of thiazole rings is 1. The van der Waals surface area contributed by atoms with Crippen molar-refractivity contribution < 1.29 is 24.3 Å². The Kier molecular flexibility index (Phi) is 16.1. The molecule has 5 atom stereocenters. The minimum atomic E-state index is -0.989. The highest BCUT2D eigenvalue weighted by atomic mass is 32.1. The highest BCUT2D eigenvalue weighted by molar-refractivity contribution is 7.07. The summed E-state index contributed by atoms with van der Waals surface area (Å²) in [4.78, 5) is 60.4. The van der Waals surface area contributed by atoms with E-state index in [1.807, 2.05) is 73.0 Å². The molecule has 0 aliphatic heterocycles. The lowest BCUT2D eigenvalue weighted by atomic mass is 9.82. The molecule has 10 nitrogen and oxygen atoms in total. The number of aromatic nitrogens is 1. The number of aliphatic hydroxyl groups excluding tert-OH is 1. The Morgan fingerprint density at radius 3 is 2.20 bits per heavy atom. The minimum absolute atomic E-state index is 0.0319. The van der Waals surface area contributed by atoms with E-state index in [0.717, 1.165) is 36.8 Å². The maximum Gasteiger partial charge on any atom is 0.243 e. The number of aliphatic hydroxyl groups is 1. The first-order valence-corrected chi connectivity index (χ1v) is 19.3. The Morgan fingerprint density at radius 1 is 0.902 bits per heavy atom. The molecular formula is C40H55N5O5S. The van der Waals surface area contributed by atoms with Gasteiger partial charge in [0.1, 0.15) is 6.04 Å². The van der Waals surface area contributed by atoms with Crippen LogP contribution in [0, 0.1) is 17.8 Å². The fourth-order valence-corrected chi connectivity index (χ4v) is 7.45. The molecule has 4 N–H and O–H groups in total. The van der Waals surface area contributed by atoms with Crippen LogP contribution in [0.15, 0.2) is 71.6 Å². The zero-order valence-corrected chi connectivity index (χ0v) is 31.1. The number of nitrogens with zero attached hydrogens (tertiary/aromatic N) is 2. The van der Waals surface area contributed by atoms with Gasteiger partial charge in [-0.1, -0.05) is 99.7 Å². The molecule has 0 spiro atoms. The number of amides is 4. The SMILES string of the molecule is CCNC(=O)[C@H](C)C[C@H](O)[C@H](CC1CCCCC1)NC(=O)[C@H](Cc1cscn1)NC(=O)[C@@H](CC(=O)N(C)Cc1ccccc1)Cc1ccccc1.